The standard InChI is InChI=1S/C15H14BrN3O/c16-11-2-4-13(18-8-11)9-19-14-5-3-12(17)7-10(14)1-6-15(19)20/h2-5,7-8H,1,6,9,17H2. The monoisotopic (exact) mass is 331 g/mol. The lowest BCUT2D eigenvalue weighted by atomic mass is 10.0. The van der Waals surface area contributed by atoms with Gasteiger partial charge in [-0.2, -0.15) is 0 Å². The summed E-state index contributed by atoms with van der Waals surface area (Å²) in [5, 5.41) is 0. The largest absolute Gasteiger partial charge is 0.399 e. The van der Waals surface area contributed by atoms with Crippen molar-refractivity contribution in [2.24, 2.45) is 0 Å². The molecule has 2 aromatic rings. The first kappa shape index (κ1) is 13.1. The van der Waals surface area contributed by atoms with Gasteiger partial charge in [0.1, 0.15) is 0 Å². The maximum absolute atomic E-state index is 12.2. The summed E-state index contributed by atoms with van der Waals surface area (Å²) in [5.74, 6) is 0.131. The van der Waals surface area contributed by atoms with Crippen molar-refractivity contribution in [2.75, 3.05) is 10.6 Å². The molecule has 1 aromatic heterocycles. The van der Waals surface area contributed by atoms with Gasteiger partial charge in [-0.1, -0.05) is 0 Å². The van der Waals surface area contributed by atoms with Crippen molar-refractivity contribution < 1.29 is 4.79 Å². The van der Waals surface area contributed by atoms with E-state index in [9.17, 15) is 4.79 Å². The summed E-state index contributed by atoms with van der Waals surface area (Å²) in [6, 6.07) is 9.55. The van der Waals surface area contributed by atoms with Gasteiger partial charge in [0.05, 0.1) is 12.2 Å². The number of aryl methyl sites for hydroxylation is 1. The van der Waals surface area contributed by atoms with Crippen LogP contribution in [0.5, 0.6) is 0 Å². The number of carbonyl (C=O) groups is 1. The molecule has 0 unspecified atom stereocenters. The van der Waals surface area contributed by atoms with E-state index in [-0.39, 0.29) is 5.91 Å². The maximum Gasteiger partial charge on any atom is 0.227 e. The Morgan fingerprint density at radius 2 is 2.10 bits per heavy atom. The van der Waals surface area contributed by atoms with E-state index in [1.54, 1.807) is 11.1 Å². The molecule has 0 spiro atoms. The molecule has 2 N–H and O–H groups in total. The van der Waals surface area contributed by atoms with Gasteiger partial charge in [-0.3, -0.25) is 9.78 Å². The van der Waals surface area contributed by atoms with Crippen molar-refractivity contribution in [3.05, 3.63) is 52.3 Å². The molecule has 0 atom stereocenters. The number of nitrogens with two attached hydrogens (primary N) is 1. The number of hydrogen-bond donors (Lipinski definition) is 1. The second-order valence-electron chi connectivity index (χ2n) is 4.84. The average molecular weight is 332 g/mol. The van der Waals surface area contributed by atoms with Gasteiger partial charge in [0.25, 0.3) is 0 Å². The van der Waals surface area contributed by atoms with Crippen LogP contribution in [0.15, 0.2) is 41.0 Å². The van der Waals surface area contributed by atoms with Crippen LogP contribution in [0, 0.1) is 0 Å². The predicted octanol–water partition coefficient (Wildman–Crippen LogP) is 2.91. The number of nitrogen functional groups attached to an aromatic ring is 1. The van der Waals surface area contributed by atoms with Gasteiger partial charge >= 0.3 is 0 Å². The van der Waals surface area contributed by atoms with E-state index in [0.717, 1.165) is 33.5 Å². The number of rotatable bonds is 2. The third-order valence-electron chi connectivity index (χ3n) is 3.41. The van der Waals surface area contributed by atoms with Crippen LogP contribution in [0.25, 0.3) is 0 Å². The van der Waals surface area contributed by atoms with Crippen LogP contribution in [0.3, 0.4) is 0 Å². The summed E-state index contributed by atoms with van der Waals surface area (Å²) in [7, 11) is 0. The Morgan fingerprint density at radius 1 is 1.25 bits per heavy atom. The lowest BCUT2D eigenvalue weighted by Crippen LogP contribution is -2.34. The molecule has 1 aliphatic heterocycles. The van der Waals surface area contributed by atoms with E-state index in [1.807, 2.05) is 30.3 Å². The molecule has 4 nitrogen and oxygen atoms in total. The van der Waals surface area contributed by atoms with Crippen LogP contribution >= 0.6 is 15.9 Å². The fourth-order valence-electron chi connectivity index (χ4n) is 2.42. The molecule has 1 aliphatic rings. The maximum atomic E-state index is 12.2. The first-order valence-corrected chi connectivity index (χ1v) is 7.22. The predicted molar refractivity (Wildman–Crippen MR) is 82.3 cm³/mol. The molecule has 2 heterocycles. The SMILES string of the molecule is Nc1ccc2c(c1)CCC(=O)N2Cc1ccc(Br)cn1. The van der Waals surface area contributed by atoms with E-state index in [0.29, 0.717) is 13.0 Å². The lowest BCUT2D eigenvalue weighted by molar-refractivity contribution is -0.119. The molecule has 1 amide bonds. The highest BCUT2D eigenvalue weighted by Crippen LogP contribution is 2.30. The number of nitrogens with zero attached hydrogens (tertiary/aromatic N) is 2. The molecule has 3 rings (SSSR count). The van der Waals surface area contributed by atoms with Gasteiger partial charge in [-0.05, 0) is 58.2 Å². The van der Waals surface area contributed by atoms with Crippen molar-refractivity contribution in [1.82, 2.24) is 4.98 Å². The Morgan fingerprint density at radius 3 is 2.85 bits per heavy atom. The first-order valence-electron chi connectivity index (χ1n) is 6.43. The molecule has 0 fully saturated rings. The molecule has 5 heteroatoms. The molecule has 102 valence electrons. The molecule has 0 bridgehead atoms. The number of pyridine rings is 1. The Hall–Kier alpha value is -1.88. The molecular weight excluding hydrogens is 318 g/mol. The smallest absolute Gasteiger partial charge is 0.227 e. The number of aromatic nitrogens is 1. The fraction of sp³-hybridized carbons (Fsp3) is 0.200. The normalized spacial score (nSPS) is 14.2. The summed E-state index contributed by atoms with van der Waals surface area (Å²) >= 11 is 3.36. The van der Waals surface area contributed by atoms with Crippen molar-refractivity contribution in [2.45, 2.75) is 19.4 Å². The second-order valence-corrected chi connectivity index (χ2v) is 5.75. The molecular formula is C15H14BrN3O. The van der Waals surface area contributed by atoms with Gasteiger partial charge in [-0.15, -0.1) is 0 Å². The van der Waals surface area contributed by atoms with E-state index in [2.05, 4.69) is 20.9 Å². The highest BCUT2D eigenvalue weighted by molar-refractivity contribution is 9.10. The third kappa shape index (κ3) is 2.54. The minimum absolute atomic E-state index is 0.131. The van der Waals surface area contributed by atoms with Crippen molar-refractivity contribution >= 4 is 33.2 Å². The zero-order valence-electron chi connectivity index (χ0n) is 10.8. The van der Waals surface area contributed by atoms with Gasteiger partial charge in [-0.25, -0.2) is 0 Å². The van der Waals surface area contributed by atoms with E-state index in [1.165, 1.54) is 0 Å². The molecule has 0 saturated carbocycles. The van der Waals surface area contributed by atoms with Crippen LogP contribution in [-0.4, -0.2) is 10.9 Å². The highest BCUT2D eigenvalue weighted by atomic mass is 79.9. The zero-order valence-corrected chi connectivity index (χ0v) is 12.4. The van der Waals surface area contributed by atoms with Crippen molar-refractivity contribution in [3.63, 3.8) is 0 Å². The van der Waals surface area contributed by atoms with Gasteiger partial charge < -0.3 is 10.6 Å². The molecule has 0 aliphatic carbocycles. The van der Waals surface area contributed by atoms with Crippen LogP contribution in [-0.2, 0) is 17.8 Å². The van der Waals surface area contributed by atoms with Gasteiger partial charge in [0.15, 0.2) is 0 Å². The summed E-state index contributed by atoms with van der Waals surface area (Å²) in [5.41, 5.74) is 9.48. The Labute approximate surface area is 125 Å². The fourth-order valence-corrected chi connectivity index (χ4v) is 2.65. The van der Waals surface area contributed by atoms with Gasteiger partial charge in [0, 0.05) is 28.5 Å². The number of fused-ring (bicyclic) bond motifs is 1. The number of amides is 1. The van der Waals surface area contributed by atoms with Crippen LogP contribution in [0.4, 0.5) is 11.4 Å². The number of carbonyl (C=O) groups excluding carboxylic acids is 1. The van der Waals surface area contributed by atoms with E-state index >= 15 is 0 Å². The number of anilines is 2. The molecule has 0 radical (unpaired) electrons. The lowest BCUT2D eigenvalue weighted by Gasteiger charge is -2.29. The minimum atomic E-state index is 0.131. The Bertz CT molecular complexity index is 655. The summed E-state index contributed by atoms with van der Waals surface area (Å²) in [6.07, 6.45) is 3.02. The van der Waals surface area contributed by atoms with Crippen molar-refractivity contribution in [3.8, 4) is 0 Å². The van der Waals surface area contributed by atoms with E-state index < -0.39 is 0 Å². The van der Waals surface area contributed by atoms with Crippen molar-refractivity contribution in [1.29, 1.82) is 0 Å². The van der Waals surface area contributed by atoms with E-state index in [4.69, 9.17) is 5.73 Å². The summed E-state index contributed by atoms with van der Waals surface area (Å²) in [6.45, 7) is 0.489. The van der Waals surface area contributed by atoms with Crippen LogP contribution in [0.2, 0.25) is 0 Å². The Kier molecular flexibility index (Phi) is 3.44. The number of hydrogen-bond acceptors (Lipinski definition) is 3. The number of halogens is 1. The Balaban J connectivity index is 1.93. The zero-order chi connectivity index (χ0) is 14.1. The average Bonchev–Trinajstić information content (AvgIpc) is 2.44. The minimum Gasteiger partial charge on any atom is -0.399 e. The first-order chi connectivity index (χ1) is 9.63. The van der Waals surface area contributed by atoms with Gasteiger partial charge in [0.2, 0.25) is 5.91 Å². The molecule has 20 heavy (non-hydrogen) atoms. The van der Waals surface area contributed by atoms with Crippen LogP contribution < -0.4 is 10.6 Å². The quantitative estimate of drug-likeness (QED) is 0.861. The molecule has 1 aromatic carbocycles. The highest BCUT2D eigenvalue weighted by Gasteiger charge is 2.24. The molecule has 0 saturated heterocycles. The summed E-state index contributed by atoms with van der Waals surface area (Å²) < 4.78 is 0.930. The third-order valence-corrected chi connectivity index (χ3v) is 3.88. The topological polar surface area (TPSA) is 59.2 Å². The summed E-state index contributed by atoms with van der Waals surface area (Å²) in [4.78, 5) is 18.3. The second kappa shape index (κ2) is 5.25. The number of benzene rings is 1. The van der Waals surface area contributed by atoms with Crippen LogP contribution in [0.1, 0.15) is 17.7 Å².